The second-order valence-corrected chi connectivity index (χ2v) is 5.26. The predicted octanol–water partition coefficient (Wildman–Crippen LogP) is 5.04. The van der Waals surface area contributed by atoms with E-state index >= 15 is 0 Å². The number of hydrogen-bond acceptors (Lipinski definition) is 3. The number of halogens is 3. The first kappa shape index (κ1) is 17.5. The van der Waals surface area contributed by atoms with Gasteiger partial charge in [0.1, 0.15) is 11.5 Å². The molecule has 3 rings (SSSR count). The van der Waals surface area contributed by atoms with Crippen molar-refractivity contribution in [3.63, 3.8) is 0 Å². The minimum Gasteiger partial charge on any atom is -0.457 e. The molecule has 7 heteroatoms. The molecular weight excluding hydrogens is 345 g/mol. The second-order valence-electron chi connectivity index (χ2n) is 5.26. The lowest BCUT2D eigenvalue weighted by atomic mass is 10.1. The Balaban J connectivity index is 1.92. The highest BCUT2D eigenvalue weighted by Gasteiger charge is 2.42. The molecule has 26 heavy (non-hydrogen) atoms. The van der Waals surface area contributed by atoms with Crippen LogP contribution < -0.4 is 9.64 Å². The molecule has 0 fully saturated rings. The van der Waals surface area contributed by atoms with E-state index < -0.39 is 12.2 Å². The molecule has 0 N–H and O–H groups in total. The molecule has 1 amide bonds. The van der Waals surface area contributed by atoms with Crippen molar-refractivity contribution in [1.29, 1.82) is 0 Å². The zero-order valence-electron chi connectivity index (χ0n) is 13.4. The summed E-state index contributed by atoms with van der Waals surface area (Å²) >= 11 is 0. The summed E-state index contributed by atoms with van der Waals surface area (Å²) in [4.78, 5) is 16.2. The van der Waals surface area contributed by atoms with E-state index in [9.17, 15) is 18.0 Å². The van der Waals surface area contributed by atoms with Crippen LogP contribution >= 0.6 is 0 Å². The van der Waals surface area contributed by atoms with Gasteiger partial charge in [-0.05, 0) is 42.5 Å². The van der Waals surface area contributed by atoms with E-state index in [2.05, 4.69) is 4.98 Å². The normalized spacial score (nSPS) is 11.0. The van der Waals surface area contributed by atoms with Gasteiger partial charge in [-0.2, -0.15) is 0 Å². The van der Waals surface area contributed by atoms with Crippen molar-refractivity contribution < 1.29 is 22.7 Å². The molecule has 1 heterocycles. The van der Waals surface area contributed by atoms with Crippen molar-refractivity contribution in [1.82, 2.24) is 4.98 Å². The molecule has 0 aliphatic heterocycles. The number of alkyl halides is 3. The summed E-state index contributed by atoms with van der Waals surface area (Å²) in [5, 5.41) is 0. The highest BCUT2D eigenvalue weighted by Crippen LogP contribution is 2.31. The van der Waals surface area contributed by atoms with Gasteiger partial charge >= 0.3 is 6.30 Å². The van der Waals surface area contributed by atoms with Gasteiger partial charge in [-0.15, -0.1) is 13.2 Å². The highest BCUT2D eigenvalue weighted by molar-refractivity contribution is 6.06. The van der Waals surface area contributed by atoms with Gasteiger partial charge in [0.15, 0.2) is 0 Å². The number of carbonyl (C=O) groups is 1. The molecule has 0 saturated heterocycles. The molecule has 0 aliphatic carbocycles. The lowest BCUT2D eigenvalue weighted by Gasteiger charge is -2.25. The van der Waals surface area contributed by atoms with Crippen LogP contribution in [-0.2, 0) is 0 Å². The average molecular weight is 358 g/mol. The van der Waals surface area contributed by atoms with Gasteiger partial charge in [-0.25, -0.2) is 4.90 Å². The number of aromatic nitrogens is 1. The molecule has 2 aromatic carbocycles. The smallest absolute Gasteiger partial charge is 0.457 e. The van der Waals surface area contributed by atoms with E-state index in [0.29, 0.717) is 5.75 Å². The average Bonchev–Trinajstić information content (AvgIpc) is 2.63. The summed E-state index contributed by atoms with van der Waals surface area (Å²) < 4.78 is 45.9. The SMILES string of the molecule is O=C(c1cccc(Oc2ccncc2)c1)N(c1ccccc1)C(F)(F)F. The first-order valence-corrected chi connectivity index (χ1v) is 7.59. The summed E-state index contributed by atoms with van der Waals surface area (Å²) in [6.45, 7) is 0. The maximum absolute atomic E-state index is 13.5. The molecule has 0 atom stereocenters. The van der Waals surface area contributed by atoms with E-state index in [0.717, 1.165) is 0 Å². The largest absolute Gasteiger partial charge is 0.491 e. The number of nitrogens with zero attached hydrogens (tertiary/aromatic N) is 2. The van der Waals surface area contributed by atoms with E-state index in [4.69, 9.17) is 4.74 Å². The molecular formula is C19H13F3N2O2. The molecule has 0 unspecified atom stereocenters. The molecule has 0 aliphatic rings. The van der Waals surface area contributed by atoms with Crippen molar-refractivity contribution in [3.8, 4) is 11.5 Å². The van der Waals surface area contributed by atoms with E-state index in [1.807, 2.05) is 0 Å². The number of anilines is 1. The van der Waals surface area contributed by atoms with Gasteiger partial charge < -0.3 is 4.74 Å². The number of hydrogen-bond donors (Lipinski definition) is 0. The fraction of sp³-hybridized carbons (Fsp3) is 0.0526. The monoisotopic (exact) mass is 358 g/mol. The van der Waals surface area contributed by atoms with Crippen molar-refractivity contribution in [3.05, 3.63) is 84.7 Å². The van der Waals surface area contributed by atoms with Crippen molar-refractivity contribution >= 4 is 11.6 Å². The minimum atomic E-state index is -4.86. The van der Waals surface area contributed by atoms with Crippen LogP contribution in [0.4, 0.5) is 18.9 Å². The van der Waals surface area contributed by atoms with Gasteiger partial charge in [0.05, 0.1) is 5.69 Å². The number of amides is 1. The Kier molecular flexibility index (Phi) is 4.88. The van der Waals surface area contributed by atoms with Crippen LogP contribution in [0.1, 0.15) is 10.4 Å². The van der Waals surface area contributed by atoms with Crippen LogP contribution in [0.3, 0.4) is 0 Å². The van der Waals surface area contributed by atoms with Crippen LogP contribution in [-0.4, -0.2) is 17.2 Å². The fourth-order valence-electron chi connectivity index (χ4n) is 2.32. The van der Waals surface area contributed by atoms with Crippen LogP contribution in [0.15, 0.2) is 79.1 Å². The summed E-state index contributed by atoms with van der Waals surface area (Å²) in [7, 11) is 0. The third-order valence-electron chi connectivity index (χ3n) is 3.44. The van der Waals surface area contributed by atoms with Crippen molar-refractivity contribution in [2.75, 3.05) is 4.90 Å². The maximum atomic E-state index is 13.5. The Morgan fingerprint density at radius 2 is 1.58 bits per heavy atom. The first-order valence-electron chi connectivity index (χ1n) is 7.59. The predicted molar refractivity (Wildman–Crippen MR) is 90.1 cm³/mol. The Morgan fingerprint density at radius 1 is 0.885 bits per heavy atom. The van der Waals surface area contributed by atoms with Gasteiger partial charge in [0.2, 0.25) is 0 Å². The topological polar surface area (TPSA) is 42.4 Å². The highest BCUT2D eigenvalue weighted by atomic mass is 19.4. The van der Waals surface area contributed by atoms with Crippen LogP contribution in [0, 0.1) is 0 Å². The lowest BCUT2D eigenvalue weighted by Crippen LogP contribution is -2.43. The number of carbonyl (C=O) groups excluding carboxylic acids is 1. The summed E-state index contributed by atoms with van der Waals surface area (Å²) in [5.74, 6) is -0.485. The second kappa shape index (κ2) is 7.26. The summed E-state index contributed by atoms with van der Waals surface area (Å²) in [6.07, 6.45) is -1.82. The van der Waals surface area contributed by atoms with E-state index in [1.165, 1.54) is 54.9 Å². The summed E-state index contributed by atoms with van der Waals surface area (Å²) in [6, 6.07) is 15.7. The Morgan fingerprint density at radius 3 is 2.23 bits per heavy atom. The molecule has 4 nitrogen and oxygen atoms in total. The van der Waals surface area contributed by atoms with Gasteiger partial charge in [-0.3, -0.25) is 9.78 Å². The quantitative estimate of drug-likeness (QED) is 0.614. The van der Waals surface area contributed by atoms with Gasteiger partial charge in [0.25, 0.3) is 5.91 Å². The Labute approximate surface area is 147 Å². The zero-order chi connectivity index (χ0) is 18.6. The van der Waals surface area contributed by atoms with Crippen LogP contribution in [0.25, 0.3) is 0 Å². The van der Waals surface area contributed by atoms with Crippen LogP contribution in [0.2, 0.25) is 0 Å². The number of ether oxygens (including phenoxy) is 1. The van der Waals surface area contributed by atoms with E-state index in [-0.39, 0.29) is 21.9 Å². The molecule has 1 aromatic heterocycles. The third-order valence-corrected chi connectivity index (χ3v) is 3.44. The van der Waals surface area contributed by atoms with Gasteiger partial charge in [-0.1, -0.05) is 24.3 Å². The molecule has 132 valence electrons. The molecule has 0 bridgehead atoms. The van der Waals surface area contributed by atoms with Crippen LogP contribution in [0.5, 0.6) is 11.5 Å². The van der Waals surface area contributed by atoms with Gasteiger partial charge in [0, 0.05) is 18.0 Å². The number of rotatable bonds is 4. The Bertz CT molecular complexity index is 884. The molecule has 0 spiro atoms. The standard InChI is InChI=1S/C19H13F3N2O2/c20-19(21,22)24(15-6-2-1-3-7-15)18(25)14-5-4-8-17(13-14)26-16-9-11-23-12-10-16/h1-13H. The number of benzene rings is 2. The first-order chi connectivity index (χ1) is 12.4. The summed E-state index contributed by atoms with van der Waals surface area (Å²) in [5.41, 5.74) is -0.400. The third kappa shape index (κ3) is 4.00. The fourth-order valence-corrected chi connectivity index (χ4v) is 2.32. The lowest BCUT2D eigenvalue weighted by molar-refractivity contribution is -0.122. The minimum absolute atomic E-state index is 0.141. The number of pyridine rings is 1. The Hall–Kier alpha value is -3.35. The zero-order valence-corrected chi connectivity index (χ0v) is 13.4. The molecule has 0 radical (unpaired) electrons. The van der Waals surface area contributed by atoms with E-state index in [1.54, 1.807) is 24.3 Å². The van der Waals surface area contributed by atoms with Crippen molar-refractivity contribution in [2.45, 2.75) is 6.30 Å². The maximum Gasteiger partial charge on any atom is 0.491 e. The molecule has 3 aromatic rings. The number of para-hydroxylation sites is 1. The van der Waals surface area contributed by atoms with Crippen molar-refractivity contribution in [2.24, 2.45) is 0 Å². The molecule has 0 saturated carbocycles.